The van der Waals surface area contributed by atoms with Gasteiger partial charge in [0.1, 0.15) is 18.1 Å². The maximum absolute atomic E-state index is 13.2. The first-order chi connectivity index (χ1) is 15.8. The Balaban J connectivity index is 1.71. The molecule has 0 spiro atoms. The summed E-state index contributed by atoms with van der Waals surface area (Å²) in [4.78, 5) is 26.6. The molecule has 1 fully saturated rings. The maximum atomic E-state index is 13.2. The molecular formula is C24H30BrN3O4S. The van der Waals surface area contributed by atoms with Gasteiger partial charge < -0.3 is 25.4 Å². The minimum atomic E-state index is -0.550. The molecule has 0 aromatic heterocycles. The van der Waals surface area contributed by atoms with E-state index in [0.717, 1.165) is 22.4 Å². The van der Waals surface area contributed by atoms with Crippen molar-refractivity contribution in [2.45, 2.75) is 38.0 Å². The first kappa shape index (κ1) is 25.2. The van der Waals surface area contributed by atoms with Crippen molar-refractivity contribution in [2.75, 3.05) is 30.8 Å². The van der Waals surface area contributed by atoms with Gasteiger partial charge in [0, 0.05) is 21.8 Å². The number of thioether (sulfide) groups is 1. The lowest BCUT2D eigenvalue weighted by atomic mass is 10.1. The van der Waals surface area contributed by atoms with Crippen LogP contribution in [0.1, 0.15) is 37.0 Å². The summed E-state index contributed by atoms with van der Waals surface area (Å²) in [5.41, 5.74) is 6.23. The molecule has 7 nitrogen and oxygen atoms in total. The third-order valence-electron chi connectivity index (χ3n) is 5.03. The molecule has 1 atom stereocenters. The molecule has 3 amide bonds. The number of amides is 3. The second-order valence-electron chi connectivity index (χ2n) is 8.06. The number of nitrogens with zero attached hydrogens (tertiary/aromatic N) is 1. The monoisotopic (exact) mass is 535 g/mol. The fourth-order valence-electron chi connectivity index (χ4n) is 3.46. The average Bonchev–Trinajstić information content (AvgIpc) is 3.27. The van der Waals surface area contributed by atoms with Gasteiger partial charge in [-0.25, -0.2) is 4.79 Å². The molecule has 0 saturated carbocycles. The lowest BCUT2D eigenvalue weighted by Crippen LogP contribution is -2.41. The molecule has 1 aliphatic heterocycles. The van der Waals surface area contributed by atoms with E-state index in [1.54, 1.807) is 23.1 Å². The van der Waals surface area contributed by atoms with Crippen LogP contribution in [0.5, 0.6) is 11.5 Å². The number of urea groups is 1. The summed E-state index contributed by atoms with van der Waals surface area (Å²) >= 11 is 5.34. The third kappa shape index (κ3) is 7.85. The highest BCUT2D eigenvalue weighted by molar-refractivity contribution is 9.10. The molecule has 2 aromatic rings. The maximum Gasteiger partial charge on any atom is 0.322 e. The molecule has 0 aliphatic carbocycles. The summed E-state index contributed by atoms with van der Waals surface area (Å²) in [7, 11) is 0. The van der Waals surface area contributed by atoms with Crippen molar-refractivity contribution in [2.24, 2.45) is 5.73 Å². The summed E-state index contributed by atoms with van der Waals surface area (Å²) in [5.74, 6) is 1.73. The molecule has 1 heterocycles. The predicted molar refractivity (Wildman–Crippen MR) is 136 cm³/mol. The van der Waals surface area contributed by atoms with E-state index in [2.05, 4.69) is 21.2 Å². The van der Waals surface area contributed by atoms with Gasteiger partial charge in [0.15, 0.2) is 0 Å². The van der Waals surface area contributed by atoms with Crippen molar-refractivity contribution >= 4 is 45.3 Å². The van der Waals surface area contributed by atoms with Crippen LogP contribution in [0.4, 0.5) is 10.5 Å². The normalized spacial score (nSPS) is 15.3. The van der Waals surface area contributed by atoms with E-state index in [9.17, 15) is 9.59 Å². The number of nitrogens with one attached hydrogen (secondary N) is 1. The summed E-state index contributed by atoms with van der Waals surface area (Å²) in [6.45, 7) is 5.21. The molecule has 0 bridgehead atoms. The smallest absolute Gasteiger partial charge is 0.322 e. The first-order valence-electron chi connectivity index (χ1n) is 11.0. The highest BCUT2D eigenvalue weighted by Gasteiger charge is 2.23. The Morgan fingerprint density at radius 2 is 2.09 bits per heavy atom. The van der Waals surface area contributed by atoms with Crippen LogP contribution in [0, 0.1) is 0 Å². The Kier molecular flexibility index (Phi) is 9.31. The predicted octanol–water partition coefficient (Wildman–Crippen LogP) is 5.14. The molecule has 33 heavy (non-hydrogen) atoms. The highest BCUT2D eigenvalue weighted by Crippen LogP contribution is 2.29. The molecule has 1 aliphatic rings. The van der Waals surface area contributed by atoms with Crippen molar-refractivity contribution in [3.8, 4) is 11.5 Å². The number of hydrogen-bond donors (Lipinski definition) is 2. The van der Waals surface area contributed by atoms with Gasteiger partial charge in [0.05, 0.1) is 18.3 Å². The van der Waals surface area contributed by atoms with E-state index in [1.165, 1.54) is 6.42 Å². The van der Waals surface area contributed by atoms with Gasteiger partial charge in [-0.2, -0.15) is 11.8 Å². The lowest BCUT2D eigenvalue weighted by molar-refractivity contribution is 0.0999. The SMILES string of the molecule is CC(C)Oc1cc(C(N)=O)ccc1NC(=O)N(CCOc1cccc(Br)c1)CC1CCCS1. The fraction of sp³-hybridized carbons (Fsp3) is 0.417. The minimum Gasteiger partial charge on any atom is -0.492 e. The van der Waals surface area contributed by atoms with Crippen LogP contribution in [0.2, 0.25) is 0 Å². The lowest BCUT2D eigenvalue weighted by Gasteiger charge is -2.26. The number of rotatable bonds is 10. The third-order valence-corrected chi connectivity index (χ3v) is 6.91. The van der Waals surface area contributed by atoms with Gasteiger partial charge in [0.2, 0.25) is 5.91 Å². The van der Waals surface area contributed by atoms with Crippen molar-refractivity contribution < 1.29 is 19.1 Å². The fourth-order valence-corrected chi connectivity index (χ4v) is 5.13. The molecule has 9 heteroatoms. The zero-order chi connectivity index (χ0) is 23.8. The van der Waals surface area contributed by atoms with E-state index >= 15 is 0 Å². The van der Waals surface area contributed by atoms with Crippen LogP contribution < -0.4 is 20.5 Å². The number of nitrogens with two attached hydrogens (primary N) is 1. The van der Waals surface area contributed by atoms with Gasteiger partial charge in [-0.15, -0.1) is 0 Å². The highest BCUT2D eigenvalue weighted by atomic mass is 79.9. The quantitative estimate of drug-likeness (QED) is 0.439. The Hall–Kier alpha value is -2.39. The number of carbonyl (C=O) groups is 2. The van der Waals surface area contributed by atoms with Crippen molar-refractivity contribution in [1.82, 2.24) is 4.90 Å². The zero-order valence-corrected chi connectivity index (χ0v) is 21.3. The van der Waals surface area contributed by atoms with Crippen LogP contribution >= 0.6 is 27.7 Å². The largest absolute Gasteiger partial charge is 0.492 e. The number of ether oxygens (including phenoxy) is 2. The molecule has 3 rings (SSSR count). The van der Waals surface area contributed by atoms with E-state index < -0.39 is 5.91 Å². The second-order valence-corrected chi connectivity index (χ2v) is 10.4. The van der Waals surface area contributed by atoms with E-state index in [1.807, 2.05) is 49.9 Å². The van der Waals surface area contributed by atoms with E-state index in [4.69, 9.17) is 15.2 Å². The van der Waals surface area contributed by atoms with Crippen LogP contribution in [0.25, 0.3) is 0 Å². The summed E-state index contributed by atoms with van der Waals surface area (Å²) in [6.07, 6.45) is 2.13. The molecular weight excluding hydrogens is 506 g/mol. The summed E-state index contributed by atoms with van der Waals surface area (Å²) in [6, 6.07) is 12.2. The Morgan fingerprint density at radius 3 is 2.76 bits per heavy atom. The van der Waals surface area contributed by atoms with Gasteiger partial charge in [-0.05, 0) is 68.8 Å². The van der Waals surface area contributed by atoms with Gasteiger partial charge in [0.25, 0.3) is 0 Å². The van der Waals surface area contributed by atoms with Crippen molar-refractivity contribution in [3.63, 3.8) is 0 Å². The molecule has 1 saturated heterocycles. The summed E-state index contributed by atoms with van der Waals surface area (Å²) in [5, 5.41) is 3.36. The number of benzene rings is 2. The molecule has 178 valence electrons. The van der Waals surface area contributed by atoms with Crippen LogP contribution in [-0.4, -0.2) is 53.6 Å². The molecule has 0 radical (unpaired) electrons. The first-order valence-corrected chi connectivity index (χ1v) is 12.8. The molecule has 3 N–H and O–H groups in total. The standard InChI is InChI=1S/C24H30BrN3O4S/c1-16(2)32-22-13-17(23(26)29)8-9-21(22)27-24(30)28(15-20-7-4-12-33-20)10-11-31-19-6-3-5-18(25)14-19/h3,5-6,8-9,13-14,16,20H,4,7,10-12,15H2,1-2H3,(H2,26,29)(H,27,30). The van der Waals surface area contributed by atoms with Gasteiger partial charge >= 0.3 is 6.03 Å². The zero-order valence-electron chi connectivity index (χ0n) is 18.9. The average molecular weight is 536 g/mol. The number of halogens is 1. The second kappa shape index (κ2) is 12.2. The topological polar surface area (TPSA) is 93.9 Å². The van der Waals surface area contributed by atoms with Gasteiger partial charge in [-0.3, -0.25) is 4.79 Å². The minimum absolute atomic E-state index is 0.131. The van der Waals surface area contributed by atoms with E-state index in [0.29, 0.717) is 41.9 Å². The number of anilines is 1. The number of primary amides is 1. The molecule has 2 aromatic carbocycles. The van der Waals surface area contributed by atoms with Crippen LogP contribution in [0.15, 0.2) is 46.9 Å². The Bertz CT molecular complexity index is 966. The Morgan fingerprint density at radius 1 is 1.27 bits per heavy atom. The number of hydrogen-bond acceptors (Lipinski definition) is 5. The van der Waals surface area contributed by atoms with Gasteiger partial charge in [-0.1, -0.05) is 22.0 Å². The van der Waals surface area contributed by atoms with Crippen LogP contribution in [0.3, 0.4) is 0 Å². The Labute approximate surface area is 207 Å². The van der Waals surface area contributed by atoms with Crippen molar-refractivity contribution in [3.05, 3.63) is 52.5 Å². The van der Waals surface area contributed by atoms with E-state index in [-0.39, 0.29) is 12.1 Å². The number of carbonyl (C=O) groups excluding carboxylic acids is 2. The summed E-state index contributed by atoms with van der Waals surface area (Å²) < 4.78 is 12.6. The van der Waals surface area contributed by atoms with Crippen molar-refractivity contribution in [1.29, 1.82) is 0 Å². The van der Waals surface area contributed by atoms with Crippen LogP contribution in [-0.2, 0) is 0 Å². The molecule has 1 unspecified atom stereocenters.